The van der Waals surface area contributed by atoms with Crippen LogP contribution in [0.25, 0.3) is 0 Å². The number of ether oxygens (including phenoxy) is 1. The van der Waals surface area contributed by atoms with Crippen molar-refractivity contribution in [2.24, 2.45) is 0 Å². The Bertz CT molecular complexity index is 343. The smallest absolute Gasteiger partial charge is 0.137 e. The maximum atomic E-state index is 12.8. The highest BCUT2D eigenvalue weighted by atomic mass is 79.9. The van der Waals surface area contributed by atoms with E-state index in [-0.39, 0.29) is 5.82 Å². The van der Waals surface area contributed by atoms with Crippen LogP contribution in [0.5, 0.6) is 5.75 Å². The predicted molar refractivity (Wildman–Crippen MR) is 59.0 cm³/mol. The van der Waals surface area contributed by atoms with E-state index in [4.69, 9.17) is 4.74 Å². The number of allylic oxidation sites excluding steroid dienone is 1. The minimum absolute atomic E-state index is 0.278. The van der Waals surface area contributed by atoms with Gasteiger partial charge in [-0.3, -0.25) is 0 Å². The fourth-order valence-electron chi connectivity index (χ4n) is 0.871. The minimum Gasteiger partial charge on any atom is -0.489 e. The van der Waals surface area contributed by atoms with Gasteiger partial charge in [0.05, 0.1) is 4.47 Å². The molecule has 0 fully saturated rings. The Labute approximate surface area is 91.7 Å². The third-order valence-corrected chi connectivity index (χ3v) is 2.24. The zero-order valence-corrected chi connectivity index (χ0v) is 9.77. The number of halogens is 2. The highest BCUT2D eigenvalue weighted by Gasteiger charge is 1.99. The Morgan fingerprint density at radius 1 is 1.50 bits per heavy atom. The molecule has 0 radical (unpaired) electrons. The zero-order chi connectivity index (χ0) is 10.6. The Morgan fingerprint density at radius 2 is 2.21 bits per heavy atom. The summed E-state index contributed by atoms with van der Waals surface area (Å²) in [5, 5.41) is 0. The first-order valence-electron chi connectivity index (χ1n) is 4.31. The molecular weight excluding hydrogens is 247 g/mol. The molecule has 0 bridgehead atoms. The number of rotatable bonds is 3. The van der Waals surface area contributed by atoms with Gasteiger partial charge in [0, 0.05) is 0 Å². The van der Waals surface area contributed by atoms with Crippen molar-refractivity contribution in [2.45, 2.75) is 13.8 Å². The number of hydrogen-bond donors (Lipinski definition) is 0. The quantitative estimate of drug-likeness (QED) is 0.747. The van der Waals surface area contributed by atoms with Crippen LogP contribution in [0.4, 0.5) is 4.39 Å². The van der Waals surface area contributed by atoms with E-state index in [1.165, 1.54) is 11.6 Å². The molecule has 0 amide bonds. The van der Waals surface area contributed by atoms with E-state index in [9.17, 15) is 4.39 Å². The van der Waals surface area contributed by atoms with Gasteiger partial charge in [0.15, 0.2) is 0 Å². The topological polar surface area (TPSA) is 9.23 Å². The van der Waals surface area contributed by atoms with Crippen LogP contribution in [0, 0.1) is 5.82 Å². The second-order valence-electron chi connectivity index (χ2n) is 3.17. The van der Waals surface area contributed by atoms with Gasteiger partial charge in [-0.05, 0) is 54.1 Å². The molecule has 0 saturated carbocycles. The average molecular weight is 259 g/mol. The van der Waals surface area contributed by atoms with Crippen LogP contribution >= 0.6 is 15.9 Å². The molecular formula is C11H12BrFO. The van der Waals surface area contributed by atoms with E-state index in [1.807, 2.05) is 19.9 Å². The molecule has 1 aromatic carbocycles. The van der Waals surface area contributed by atoms with E-state index in [2.05, 4.69) is 15.9 Å². The SMILES string of the molecule is CC(C)=CCOc1ccc(F)c(Br)c1. The summed E-state index contributed by atoms with van der Waals surface area (Å²) in [4.78, 5) is 0. The molecule has 14 heavy (non-hydrogen) atoms. The van der Waals surface area contributed by atoms with Crippen molar-refractivity contribution in [3.05, 3.63) is 40.1 Å². The summed E-state index contributed by atoms with van der Waals surface area (Å²) in [6.45, 7) is 4.52. The molecule has 1 aromatic rings. The lowest BCUT2D eigenvalue weighted by Gasteiger charge is -2.04. The zero-order valence-electron chi connectivity index (χ0n) is 8.18. The lowest BCUT2D eigenvalue weighted by Crippen LogP contribution is -1.94. The van der Waals surface area contributed by atoms with Crippen LogP contribution in [0.15, 0.2) is 34.3 Å². The Balaban J connectivity index is 2.60. The van der Waals surface area contributed by atoms with Gasteiger partial charge >= 0.3 is 0 Å². The molecule has 0 saturated heterocycles. The summed E-state index contributed by atoms with van der Waals surface area (Å²) >= 11 is 3.10. The third kappa shape index (κ3) is 3.50. The first-order valence-corrected chi connectivity index (χ1v) is 5.10. The molecule has 0 unspecified atom stereocenters. The van der Waals surface area contributed by atoms with E-state index in [0.717, 1.165) is 0 Å². The molecule has 1 rings (SSSR count). The molecule has 76 valence electrons. The van der Waals surface area contributed by atoms with Crippen molar-refractivity contribution in [2.75, 3.05) is 6.61 Å². The summed E-state index contributed by atoms with van der Waals surface area (Å²) in [7, 11) is 0. The summed E-state index contributed by atoms with van der Waals surface area (Å²) in [6, 6.07) is 4.61. The van der Waals surface area contributed by atoms with E-state index >= 15 is 0 Å². The van der Waals surface area contributed by atoms with Crippen molar-refractivity contribution in [3.8, 4) is 5.75 Å². The van der Waals surface area contributed by atoms with Gasteiger partial charge in [-0.15, -0.1) is 0 Å². The van der Waals surface area contributed by atoms with Crippen LogP contribution in [-0.2, 0) is 0 Å². The average Bonchev–Trinajstić information content (AvgIpc) is 2.10. The molecule has 3 heteroatoms. The largest absolute Gasteiger partial charge is 0.489 e. The van der Waals surface area contributed by atoms with E-state index in [0.29, 0.717) is 16.8 Å². The molecule has 0 aliphatic rings. The van der Waals surface area contributed by atoms with Crippen LogP contribution in [0.3, 0.4) is 0 Å². The maximum Gasteiger partial charge on any atom is 0.137 e. The molecule has 0 heterocycles. The monoisotopic (exact) mass is 258 g/mol. The predicted octanol–water partition coefficient (Wildman–Crippen LogP) is 3.93. The van der Waals surface area contributed by atoms with E-state index in [1.54, 1.807) is 12.1 Å². The lowest BCUT2D eigenvalue weighted by atomic mass is 10.3. The third-order valence-electron chi connectivity index (χ3n) is 1.63. The molecule has 0 atom stereocenters. The Hall–Kier alpha value is -0.830. The highest BCUT2D eigenvalue weighted by Crippen LogP contribution is 2.21. The van der Waals surface area contributed by atoms with Crippen LogP contribution < -0.4 is 4.74 Å². The van der Waals surface area contributed by atoms with Gasteiger partial charge in [-0.25, -0.2) is 4.39 Å². The maximum absolute atomic E-state index is 12.8. The van der Waals surface area contributed by atoms with Gasteiger partial charge in [0.2, 0.25) is 0 Å². The fraction of sp³-hybridized carbons (Fsp3) is 0.273. The summed E-state index contributed by atoms with van der Waals surface area (Å²) in [6.07, 6.45) is 1.97. The molecule has 1 nitrogen and oxygen atoms in total. The van der Waals surface area contributed by atoms with Gasteiger partial charge in [0.25, 0.3) is 0 Å². The first kappa shape index (κ1) is 11.2. The van der Waals surface area contributed by atoms with Gasteiger partial charge < -0.3 is 4.74 Å². The van der Waals surface area contributed by atoms with Crippen molar-refractivity contribution in [1.82, 2.24) is 0 Å². The van der Waals surface area contributed by atoms with Crippen molar-refractivity contribution < 1.29 is 9.13 Å². The second-order valence-corrected chi connectivity index (χ2v) is 4.02. The van der Waals surface area contributed by atoms with Crippen molar-refractivity contribution in [1.29, 1.82) is 0 Å². The molecule has 0 aliphatic heterocycles. The van der Waals surface area contributed by atoms with Crippen LogP contribution in [0.2, 0.25) is 0 Å². The number of benzene rings is 1. The first-order chi connectivity index (χ1) is 6.59. The summed E-state index contributed by atoms with van der Waals surface area (Å²) in [5.74, 6) is 0.385. The lowest BCUT2D eigenvalue weighted by molar-refractivity contribution is 0.361. The summed E-state index contributed by atoms with van der Waals surface area (Å²) < 4.78 is 18.6. The van der Waals surface area contributed by atoms with Gasteiger partial charge in [-0.2, -0.15) is 0 Å². The molecule has 0 N–H and O–H groups in total. The second kappa shape index (κ2) is 5.15. The highest BCUT2D eigenvalue weighted by molar-refractivity contribution is 9.10. The van der Waals surface area contributed by atoms with Crippen LogP contribution in [-0.4, -0.2) is 6.61 Å². The fourth-order valence-corrected chi connectivity index (χ4v) is 1.23. The van der Waals surface area contributed by atoms with Crippen molar-refractivity contribution in [3.63, 3.8) is 0 Å². The van der Waals surface area contributed by atoms with Crippen LogP contribution in [0.1, 0.15) is 13.8 Å². The number of hydrogen-bond acceptors (Lipinski definition) is 1. The normalized spacial score (nSPS) is 9.71. The Kier molecular flexibility index (Phi) is 4.14. The molecule has 0 spiro atoms. The Morgan fingerprint density at radius 3 is 2.79 bits per heavy atom. The molecule has 0 aromatic heterocycles. The van der Waals surface area contributed by atoms with Gasteiger partial charge in [-0.1, -0.05) is 5.57 Å². The standard InChI is InChI=1S/C11H12BrFO/c1-8(2)5-6-14-9-3-4-11(13)10(12)7-9/h3-5,7H,6H2,1-2H3. The summed E-state index contributed by atoms with van der Waals surface area (Å²) in [5.41, 5.74) is 1.20. The van der Waals surface area contributed by atoms with Crippen molar-refractivity contribution >= 4 is 15.9 Å². The molecule has 0 aliphatic carbocycles. The van der Waals surface area contributed by atoms with Gasteiger partial charge in [0.1, 0.15) is 18.2 Å². The minimum atomic E-state index is -0.278. The van der Waals surface area contributed by atoms with E-state index < -0.39 is 0 Å².